The first-order valence-electron chi connectivity index (χ1n) is 14.4. The highest BCUT2D eigenvalue weighted by atomic mass is 31.2. The zero-order valence-electron chi connectivity index (χ0n) is 26.1. The molecule has 4 atom stereocenters. The summed E-state index contributed by atoms with van der Waals surface area (Å²) in [5.74, 6) is -0.293. The number of hydrogen-bond donors (Lipinski definition) is 2. The van der Waals surface area contributed by atoms with E-state index in [9.17, 15) is 19.3 Å². The van der Waals surface area contributed by atoms with E-state index in [1.165, 1.54) is 21.1 Å². The van der Waals surface area contributed by atoms with E-state index in [1.54, 1.807) is 56.7 Å². The van der Waals surface area contributed by atoms with Crippen LogP contribution in [0.3, 0.4) is 0 Å². The fourth-order valence-corrected chi connectivity index (χ4v) is 7.39. The number of nitrogens with one attached hydrogen (secondary N) is 1. The number of ether oxygens (including phenoxy) is 5. The lowest BCUT2D eigenvalue weighted by molar-refractivity contribution is -0.143. The van der Waals surface area contributed by atoms with E-state index in [0.717, 1.165) is 16.7 Å². The fourth-order valence-electron chi connectivity index (χ4n) is 5.49. The van der Waals surface area contributed by atoms with E-state index in [-0.39, 0.29) is 36.2 Å². The Morgan fingerprint density at radius 2 is 1.49 bits per heavy atom. The van der Waals surface area contributed by atoms with E-state index in [2.05, 4.69) is 5.09 Å². The summed E-state index contributed by atoms with van der Waals surface area (Å²) in [5, 5.41) is 12.8. The number of esters is 1. The molecule has 0 aromatic heterocycles. The fraction of sp³-hybridized carbons (Fsp3) is 0.394. The molecule has 0 aliphatic carbocycles. The van der Waals surface area contributed by atoms with Crippen LogP contribution in [0.5, 0.6) is 23.0 Å². The van der Waals surface area contributed by atoms with Gasteiger partial charge in [0.1, 0.15) is 11.9 Å². The van der Waals surface area contributed by atoms with Crippen LogP contribution < -0.4 is 23.8 Å². The third kappa shape index (κ3) is 8.36. The van der Waals surface area contributed by atoms with Crippen LogP contribution in [-0.4, -0.2) is 64.0 Å². The summed E-state index contributed by atoms with van der Waals surface area (Å²) in [7, 11) is 2.02. The minimum atomic E-state index is -3.94. The largest absolute Gasteiger partial charge is 0.493 e. The van der Waals surface area contributed by atoms with Gasteiger partial charge in [0.2, 0.25) is 0 Å². The van der Waals surface area contributed by atoms with E-state index < -0.39 is 24.9 Å². The summed E-state index contributed by atoms with van der Waals surface area (Å²) in [4.78, 5) is 25.1. The smallest absolute Gasteiger partial charge is 0.343 e. The normalized spacial score (nSPS) is 18.7. The predicted molar refractivity (Wildman–Crippen MR) is 167 cm³/mol. The maximum absolute atomic E-state index is 14.0. The Morgan fingerprint density at radius 3 is 2.09 bits per heavy atom. The Morgan fingerprint density at radius 1 is 0.889 bits per heavy atom. The average Bonchev–Trinajstić information content (AvgIpc) is 3.35. The van der Waals surface area contributed by atoms with Crippen molar-refractivity contribution >= 4 is 19.5 Å². The molecule has 45 heavy (non-hydrogen) atoms. The second-order valence-electron chi connectivity index (χ2n) is 11.2. The van der Waals surface area contributed by atoms with Crippen LogP contribution in [-0.2, 0) is 42.9 Å². The van der Waals surface area contributed by atoms with Gasteiger partial charge >= 0.3 is 19.5 Å². The molecule has 0 saturated carbocycles. The van der Waals surface area contributed by atoms with Crippen LogP contribution in [0.1, 0.15) is 23.6 Å². The van der Waals surface area contributed by atoms with Crippen LogP contribution >= 0.6 is 7.52 Å². The number of carboxylic acid groups (broad SMARTS) is 1. The Labute approximate surface area is 263 Å². The van der Waals surface area contributed by atoms with Gasteiger partial charge in [0.15, 0.2) is 23.0 Å². The molecule has 0 radical (unpaired) electrons. The molecular weight excluding hydrogens is 601 g/mol. The lowest BCUT2D eigenvalue weighted by Crippen LogP contribution is -2.50. The van der Waals surface area contributed by atoms with Crippen molar-refractivity contribution < 1.29 is 47.5 Å². The quantitative estimate of drug-likeness (QED) is 0.159. The molecule has 0 amide bonds. The van der Waals surface area contributed by atoms with Gasteiger partial charge in [0.25, 0.3) is 0 Å². The number of benzene rings is 3. The Kier molecular flexibility index (Phi) is 11.1. The average molecular weight is 642 g/mol. The van der Waals surface area contributed by atoms with Crippen LogP contribution in [0.4, 0.5) is 0 Å². The molecule has 1 aliphatic rings. The number of carbonyl (C=O) groups excluding carboxylic acids is 1. The maximum Gasteiger partial charge on any atom is 0.343 e. The molecule has 242 valence electrons. The number of rotatable bonds is 16. The Hall–Kier alpha value is -4.05. The number of carbonyl (C=O) groups is 2. The number of aliphatic carboxylic acids is 1. The molecule has 1 heterocycles. The van der Waals surface area contributed by atoms with Crippen LogP contribution in [0.25, 0.3) is 0 Å². The highest BCUT2D eigenvalue weighted by Crippen LogP contribution is 2.48. The van der Waals surface area contributed by atoms with Gasteiger partial charge in [-0.15, -0.1) is 0 Å². The SMILES string of the molecule is COCP(=O)(NC(C)(Cc1ccccc1)C(=O)O)Oc1ccc(C[C@H]2C(=O)OC[C@@H]2Cc2ccc(OC)c(OC)c2)cc1OC. The van der Waals surface area contributed by atoms with Gasteiger partial charge in [-0.05, 0) is 60.7 Å². The lowest BCUT2D eigenvalue weighted by Gasteiger charge is -2.31. The van der Waals surface area contributed by atoms with Crippen LogP contribution in [0, 0.1) is 11.8 Å². The highest BCUT2D eigenvalue weighted by Gasteiger charge is 2.42. The predicted octanol–water partition coefficient (Wildman–Crippen LogP) is 5.14. The molecule has 2 unspecified atom stereocenters. The monoisotopic (exact) mass is 641 g/mol. The van der Waals surface area contributed by atoms with Gasteiger partial charge < -0.3 is 33.3 Å². The zero-order valence-corrected chi connectivity index (χ0v) is 27.0. The molecule has 11 nitrogen and oxygen atoms in total. The lowest BCUT2D eigenvalue weighted by atomic mass is 9.85. The molecule has 1 aliphatic heterocycles. The first-order valence-corrected chi connectivity index (χ1v) is 16.2. The summed E-state index contributed by atoms with van der Waals surface area (Å²) in [6.07, 6.45) is 0.654. The van der Waals surface area contributed by atoms with E-state index in [1.807, 2.05) is 24.3 Å². The second-order valence-corrected chi connectivity index (χ2v) is 13.2. The molecule has 4 rings (SSSR count). The van der Waals surface area contributed by atoms with Crippen molar-refractivity contribution in [1.29, 1.82) is 0 Å². The summed E-state index contributed by atoms with van der Waals surface area (Å²) >= 11 is 0. The van der Waals surface area contributed by atoms with Crippen molar-refractivity contribution in [3.8, 4) is 23.0 Å². The second kappa shape index (κ2) is 14.8. The Bertz CT molecular complexity index is 1530. The Balaban J connectivity index is 1.52. The van der Waals surface area contributed by atoms with Crippen molar-refractivity contribution in [2.45, 2.75) is 31.7 Å². The first kappa shape index (κ1) is 33.8. The van der Waals surface area contributed by atoms with Gasteiger partial charge in [0, 0.05) is 19.4 Å². The van der Waals surface area contributed by atoms with E-state index >= 15 is 0 Å². The van der Waals surface area contributed by atoms with Crippen LogP contribution in [0.15, 0.2) is 66.7 Å². The number of carboxylic acids is 1. The summed E-state index contributed by atoms with van der Waals surface area (Å²) in [6.45, 7) is 1.75. The van der Waals surface area contributed by atoms with Crippen molar-refractivity contribution in [2.75, 3.05) is 41.4 Å². The highest BCUT2D eigenvalue weighted by molar-refractivity contribution is 7.57. The van der Waals surface area contributed by atoms with Gasteiger partial charge in [0.05, 0.1) is 33.9 Å². The van der Waals surface area contributed by atoms with Crippen molar-refractivity contribution in [3.63, 3.8) is 0 Å². The molecule has 0 bridgehead atoms. The van der Waals surface area contributed by atoms with Gasteiger partial charge in [-0.3, -0.25) is 14.2 Å². The molecule has 2 N–H and O–H groups in total. The molecule has 12 heteroatoms. The summed E-state index contributed by atoms with van der Waals surface area (Å²) in [5.41, 5.74) is 0.892. The third-order valence-corrected chi connectivity index (χ3v) is 9.70. The van der Waals surface area contributed by atoms with Crippen molar-refractivity contribution in [3.05, 3.63) is 83.4 Å². The topological polar surface area (TPSA) is 139 Å². The number of cyclic esters (lactones) is 1. The van der Waals surface area contributed by atoms with Gasteiger partial charge in [-0.1, -0.05) is 42.5 Å². The summed E-state index contributed by atoms with van der Waals surface area (Å²) in [6, 6.07) is 19.8. The standard InChI is InChI=1S/C33H40NO10P/c1-33(32(36)37,19-22-9-7-6-8-10-22)34-45(38,21-39-2)44-28-14-12-24(18-30(28)42-5)16-26-25(20-43-31(26)35)15-23-11-13-27(40-3)29(17-23)41-4/h6-14,17-18,25-26H,15-16,19-21H2,1-5H3,(H,34,38)(H,36,37)/t25-,26+,33?,45?/m0/s1. The van der Waals surface area contributed by atoms with E-state index in [4.69, 9.17) is 28.2 Å². The third-order valence-electron chi connectivity index (χ3n) is 7.78. The molecule has 1 saturated heterocycles. The minimum Gasteiger partial charge on any atom is -0.493 e. The maximum atomic E-state index is 14.0. The van der Waals surface area contributed by atoms with Crippen LogP contribution in [0.2, 0.25) is 0 Å². The van der Waals surface area contributed by atoms with Crippen molar-refractivity contribution in [1.82, 2.24) is 5.09 Å². The minimum absolute atomic E-state index is 0.0538. The molecule has 0 spiro atoms. The zero-order chi connectivity index (χ0) is 32.6. The molecule has 3 aromatic carbocycles. The van der Waals surface area contributed by atoms with Gasteiger partial charge in [-0.2, -0.15) is 0 Å². The number of methoxy groups -OCH3 is 4. The molecule has 1 fully saturated rings. The summed E-state index contributed by atoms with van der Waals surface area (Å²) < 4.78 is 46.9. The van der Waals surface area contributed by atoms with E-state index in [0.29, 0.717) is 30.9 Å². The molecular formula is C33H40NO10P. The first-order chi connectivity index (χ1) is 21.5. The van der Waals surface area contributed by atoms with Crippen molar-refractivity contribution in [2.24, 2.45) is 11.8 Å². The number of hydrogen-bond acceptors (Lipinski definition) is 9. The van der Waals surface area contributed by atoms with Gasteiger partial charge in [-0.25, -0.2) is 5.09 Å². The molecule has 3 aromatic rings.